The minimum atomic E-state index is -0.00194. The van der Waals surface area contributed by atoms with Crippen LogP contribution in [-0.4, -0.2) is 55.3 Å². The van der Waals surface area contributed by atoms with Crippen molar-refractivity contribution in [2.75, 3.05) is 33.7 Å². The second-order valence-corrected chi connectivity index (χ2v) is 5.33. The first-order valence-corrected chi connectivity index (χ1v) is 6.86. The molecular formula is C15H21N3O2. The fraction of sp³-hybridized carbons (Fsp3) is 0.467. The van der Waals surface area contributed by atoms with Gasteiger partial charge in [0.25, 0.3) is 5.91 Å². The van der Waals surface area contributed by atoms with E-state index in [1.807, 2.05) is 38.4 Å². The molecule has 0 aromatic heterocycles. The molecule has 0 radical (unpaired) electrons. The highest BCUT2D eigenvalue weighted by Gasteiger charge is 2.19. The van der Waals surface area contributed by atoms with Gasteiger partial charge in [-0.1, -0.05) is 12.1 Å². The second-order valence-electron chi connectivity index (χ2n) is 5.33. The van der Waals surface area contributed by atoms with Crippen molar-refractivity contribution in [3.05, 3.63) is 35.4 Å². The summed E-state index contributed by atoms with van der Waals surface area (Å²) in [6.45, 7) is 2.45. The Balaban J connectivity index is 2.03. The molecule has 108 valence electrons. The van der Waals surface area contributed by atoms with Gasteiger partial charge in [0.1, 0.15) is 0 Å². The van der Waals surface area contributed by atoms with Crippen molar-refractivity contribution >= 4 is 11.8 Å². The predicted molar refractivity (Wildman–Crippen MR) is 77.4 cm³/mol. The average Bonchev–Trinajstić information content (AvgIpc) is 2.63. The van der Waals surface area contributed by atoms with Gasteiger partial charge in [-0.3, -0.25) is 9.59 Å². The van der Waals surface area contributed by atoms with E-state index in [4.69, 9.17) is 0 Å². The first-order chi connectivity index (χ1) is 9.56. The summed E-state index contributed by atoms with van der Waals surface area (Å²) in [7, 11) is 4.03. The SMILES string of the molecule is CN(C)Cc1ccc(C(=O)N2CCNC(=O)CC2)cc1. The first-order valence-electron chi connectivity index (χ1n) is 6.86. The van der Waals surface area contributed by atoms with E-state index in [0.29, 0.717) is 31.6 Å². The molecule has 1 aliphatic rings. The number of nitrogens with zero attached hydrogens (tertiary/aromatic N) is 2. The van der Waals surface area contributed by atoms with Gasteiger partial charge in [-0.2, -0.15) is 0 Å². The third-order valence-electron chi connectivity index (χ3n) is 3.30. The van der Waals surface area contributed by atoms with E-state index >= 15 is 0 Å². The Morgan fingerprint density at radius 3 is 2.60 bits per heavy atom. The molecule has 1 aliphatic heterocycles. The largest absolute Gasteiger partial charge is 0.354 e. The molecule has 5 nitrogen and oxygen atoms in total. The van der Waals surface area contributed by atoms with Crippen molar-refractivity contribution in [2.24, 2.45) is 0 Å². The lowest BCUT2D eigenvalue weighted by molar-refractivity contribution is -0.120. The van der Waals surface area contributed by atoms with E-state index in [2.05, 4.69) is 10.2 Å². The third kappa shape index (κ3) is 3.81. The predicted octanol–water partition coefficient (Wildman–Crippen LogP) is 0.710. The topological polar surface area (TPSA) is 52.7 Å². The van der Waals surface area contributed by atoms with E-state index in [9.17, 15) is 9.59 Å². The molecule has 1 aromatic carbocycles. The molecule has 1 saturated heterocycles. The Kier molecular flexibility index (Phi) is 4.74. The summed E-state index contributed by atoms with van der Waals surface area (Å²) in [6, 6.07) is 7.69. The number of amides is 2. The number of hydrogen-bond donors (Lipinski definition) is 1. The van der Waals surface area contributed by atoms with Crippen molar-refractivity contribution in [3.63, 3.8) is 0 Å². The van der Waals surface area contributed by atoms with E-state index in [1.165, 1.54) is 5.56 Å². The van der Waals surface area contributed by atoms with E-state index in [0.717, 1.165) is 6.54 Å². The fourth-order valence-corrected chi connectivity index (χ4v) is 2.27. The van der Waals surface area contributed by atoms with E-state index < -0.39 is 0 Å². The van der Waals surface area contributed by atoms with Crippen LogP contribution in [-0.2, 0) is 11.3 Å². The molecule has 20 heavy (non-hydrogen) atoms. The lowest BCUT2D eigenvalue weighted by atomic mass is 10.1. The van der Waals surface area contributed by atoms with Crippen LogP contribution in [0, 0.1) is 0 Å². The Bertz CT molecular complexity index is 482. The fourth-order valence-electron chi connectivity index (χ4n) is 2.27. The van der Waals surface area contributed by atoms with Crippen molar-refractivity contribution < 1.29 is 9.59 Å². The summed E-state index contributed by atoms with van der Waals surface area (Å²) in [4.78, 5) is 27.5. The van der Waals surface area contributed by atoms with Crippen LogP contribution in [0.3, 0.4) is 0 Å². The lowest BCUT2D eigenvalue weighted by Gasteiger charge is -2.19. The van der Waals surface area contributed by atoms with Gasteiger partial charge in [-0.25, -0.2) is 0 Å². The lowest BCUT2D eigenvalue weighted by Crippen LogP contribution is -2.34. The van der Waals surface area contributed by atoms with Crippen LogP contribution in [0.1, 0.15) is 22.3 Å². The summed E-state index contributed by atoms with van der Waals surface area (Å²) in [6.07, 6.45) is 0.379. The van der Waals surface area contributed by atoms with Gasteiger partial charge in [0.2, 0.25) is 5.91 Å². The summed E-state index contributed by atoms with van der Waals surface area (Å²) in [5.41, 5.74) is 1.86. The van der Waals surface area contributed by atoms with Gasteiger partial charge < -0.3 is 15.1 Å². The quantitative estimate of drug-likeness (QED) is 0.884. The van der Waals surface area contributed by atoms with Crippen LogP contribution >= 0.6 is 0 Å². The molecule has 1 aromatic rings. The third-order valence-corrected chi connectivity index (χ3v) is 3.30. The molecule has 0 spiro atoms. The van der Waals surface area contributed by atoms with Gasteiger partial charge in [0.05, 0.1) is 0 Å². The van der Waals surface area contributed by atoms with Gasteiger partial charge in [0.15, 0.2) is 0 Å². The Labute approximate surface area is 119 Å². The molecule has 1 heterocycles. The molecule has 0 aliphatic carbocycles. The Morgan fingerprint density at radius 2 is 1.95 bits per heavy atom. The van der Waals surface area contributed by atoms with Crippen molar-refractivity contribution in [1.29, 1.82) is 0 Å². The maximum atomic E-state index is 12.4. The van der Waals surface area contributed by atoms with Crippen LogP contribution in [0.25, 0.3) is 0 Å². The van der Waals surface area contributed by atoms with Crippen molar-refractivity contribution in [3.8, 4) is 0 Å². The average molecular weight is 275 g/mol. The monoisotopic (exact) mass is 275 g/mol. The molecule has 2 amide bonds. The van der Waals surface area contributed by atoms with Crippen LogP contribution in [0.4, 0.5) is 0 Å². The number of benzene rings is 1. The summed E-state index contributed by atoms with van der Waals surface area (Å²) >= 11 is 0. The van der Waals surface area contributed by atoms with Crippen LogP contribution in [0.2, 0.25) is 0 Å². The van der Waals surface area contributed by atoms with Crippen LogP contribution < -0.4 is 5.32 Å². The Hall–Kier alpha value is -1.88. The van der Waals surface area contributed by atoms with Crippen molar-refractivity contribution in [1.82, 2.24) is 15.1 Å². The zero-order chi connectivity index (χ0) is 14.5. The number of hydrogen-bond acceptors (Lipinski definition) is 3. The van der Waals surface area contributed by atoms with Gasteiger partial charge in [-0.05, 0) is 31.8 Å². The second kappa shape index (κ2) is 6.52. The molecule has 2 rings (SSSR count). The zero-order valence-corrected chi connectivity index (χ0v) is 12.1. The maximum absolute atomic E-state index is 12.4. The summed E-state index contributed by atoms with van der Waals surface area (Å²) in [5.74, 6) is 0.0135. The molecule has 1 fully saturated rings. The molecule has 1 N–H and O–H groups in total. The van der Waals surface area contributed by atoms with Crippen LogP contribution in [0.15, 0.2) is 24.3 Å². The van der Waals surface area contributed by atoms with E-state index in [1.54, 1.807) is 4.90 Å². The molecular weight excluding hydrogens is 254 g/mol. The summed E-state index contributed by atoms with van der Waals surface area (Å²) < 4.78 is 0. The molecule has 5 heteroatoms. The zero-order valence-electron chi connectivity index (χ0n) is 12.1. The van der Waals surface area contributed by atoms with E-state index in [-0.39, 0.29) is 11.8 Å². The highest BCUT2D eigenvalue weighted by atomic mass is 16.2. The van der Waals surface area contributed by atoms with Crippen LogP contribution in [0.5, 0.6) is 0 Å². The highest BCUT2D eigenvalue weighted by molar-refractivity contribution is 5.94. The summed E-state index contributed by atoms with van der Waals surface area (Å²) in [5, 5.41) is 2.77. The highest BCUT2D eigenvalue weighted by Crippen LogP contribution is 2.10. The maximum Gasteiger partial charge on any atom is 0.253 e. The number of nitrogens with one attached hydrogen (secondary N) is 1. The van der Waals surface area contributed by atoms with Gasteiger partial charge >= 0.3 is 0 Å². The minimum Gasteiger partial charge on any atom is -0.354 e. The first kappa shape index (κ1) is 14.5. The standard InChI is InChI=1S/C15H21N3O2/c1-17(2)11-12-3-5-13(6-4-12)15(20)18-9-7-14(19)16-8-10-18/h3-6H,7-11H2,1-2H3,(H,16,19). The molecule has 0 atom stereocenters. The molecule has 0 bridgehead atoms. The molecule has 0 unspecified atom stereocenters. The number of rotatable bonds is 3. The minimum absolute atomic E-state index is 0.00194. The number of carbonyl (C=O) groups is 2. The Morgan fingerprint density at radius 1 is 1.25 bits per heavy atom. The number of carbonyl (C=O) groups excluding carboxylic acids is 2. The van der Waals surface area contributed by atoms with Crippen molar-refractivity contribution in [2.45, 2.75) is 13.0 Å². The smallest absolute Gasteiger partial charge is 0.253 e. The van der Waals surface area contributed by atoms with Gasteiger partial charge in [0, 0.05) is 38.2 Å². The van der Waals surface area contributed by atoms with Gasteiger partial charge in [-0.15, -0.1) is 0 Å². The normalized spacial score (nSPS) is 15.9. The molecule has 0 saturated carbocycles.